The lowest BCUT2D eigenvalue weighted by atomic mass is 10.0. The second-order valence-electron chi connectivity index (χ2n) is 7.47. The topological polar surface area (TPSA) is 88.1 Å². The summed E-state index contributed by atoms with van der Waals surface area (Å²) in [7, 11) is 0. The molecule has 1 fully saturated rings. The zero-order chi connectivity index (χ0) is 22.2. The molecule has 1 unspecified atom stereocenters. The van der Waals surface area contributed by atoms with Crippen LogP contribution in [-0.4, -0.2) is 50.2 Å². The van der Waals surface area contributed by atoms with Gasteiger partial charge >= 0.3 is 0 Å². The second kappa shape index (κ2) is 8.36. The Bertz CT molecular complexity index is 1320. The van der Waals surface area contributed by atoms with Gasteiger partial charge in [-0.05, 0) is 48.6 Å². The van der Waals surface area contributed by atoms with Crippen LogP contribution in [0.1, 0.15) is 32.4 Å². The molecule has 1 saturated heterocycles. The number of nitrogens with zero attached hydrogens (tertiary/aromatic N) is 4. The lowest BCUT2D eigenvalue weighted by Gasteiger charge is -2.40. The summed E-state index contributed by atoms with van der Waals surface area (Å²) in [6.07, 6.45) is 4.03. The molecule has 3 aromatic heterocycles. The van der Waals surface area contributed by atoms with Crippen molar-refractivity contribution < 1.29 is 14.0 Å². The third-order valence-corrected chi connectivity index (χ3v) is 7.23. The maximum Gasteiger partial charge on any atom is 0.274 e. The smallest absolute Gasteiger partial charge is 0.274 e. The van der Waals surface area contributed by atoms with Crippen LogP contribution in [0.2, 0.25) is 0 Å². The minimum absolute atomic E-state index is 0.116. The number of benzene rings is 1. The first-order valence-electron chi connectivity index (χ1n) is 10.0. The van der Waals surface area contributed by atoms with E-state index >= 15 is 0 Å². The number of aromatic nitrogens is 3. The van der Waals surface area contributed by atoms with E-state index in [-0.39, 0.29) is 23.7 Å². The second-order valence-corrected chi connectivity index (χ2v) is 9.50. The quantitative estimate of drug-likeness (QED) is 0.481. The van der Waals surface area contributed by atoms with E-state index in [1.165, 1.54) is 35.0 Å². The number of hydrogen-bond acceptors (Lipinski definition) is 7. The molecule has 1 aromatic carbocycles. The molecule has 7 nitrogen and oxygen atoms in total. The Balaban J connectivity index is 1.30. The lowest BCUT2D eigenvalue weighted by Crippen LogP contribution is -2.56. The van der Waals surface area contributed by atoms with Gasteiger partial charge in [0.1, 0.15) is 17.2 Å². The Hall–Kier alpha value is -3.24. The highest BCUT2D eigenvalue weighted by molar-refractivity contribution is 7.15. The molecule has 1 aliphatic rings. The van der Waals surface area contributed by atoms with Gasteiger partial charge in [0, 0.05) is 24.7 Å². The number of likely N-dealkylation sites (tertiary alicyclic amines) is 1. The van der Waals surface area contributed by atoms with E-state index in [0.29, 0.717) is 24.5 Å². The molecule has 1 atom stereocenters. The summed E-state index contributed by atoms with van der Waals surface area (Å²) in [5, 5.41) is 4.39. The fourth-order valence-electron chi connectivity index (χ4n) is 3.70. The molecule has 0 radical (unpaired) electrons. The first kappa shape index (κ1) is 20.7. The predicted octanol–water partition coefficient (Wildman–Crippen LogP) is 3.91. The van der Waals surface area contributed by atoms with E-state index in [2.05, 4.69) is 19.7 Å². The number of halogens is 1. The van der Waals surface area contributed by atoms with Crippen molar-refractivity contribution in [2.75, 3.05) is 13.1 Å². The molecule has 0 saturated carbocycles. The number of pyridine rings is 1. The number of thiazole rings is 1. The number of nitrogens with one attached hydrogen (secondary N) is 1. The summed E-state index contributed by atoms with van der Waals surface area (Å²) >= 11 is 2.72. The maximum atomic E-state index is 13.3. The van der Waals surface area contributed by atoms with Crippen molar-refractivity contribution in [3.05, 3.63) is 64.9 Å². The van der Waals surface area contributed by atoms with Gasteiger partial charge in [0.25, 0.3) is 11.8 Å². The number of carbonyl (C=O) groups is 2. The number of rotatable bonds is 5. The molecule has 32 heavy (non-hydrogen) atoms. The molecular formula is C22H18FN5O2S2. The highest BCUT2D eigenvalue weighted by Crippen LogP contribution is 2.33. The summed E-state index contributed by atoms with van der Waals surface area (Å²) < 4.78 is 18.3. The fourth-order valence-corrected chi connectivity index (χ4v) is 5.25. The molecule has 10 heteroatoms. The third kappa shape index (κ3) is 3.76. The van der Waals surface area contributed by atoms with Crippen LogP contribution in [0.3, 0.4) is 0 Å². The van der Waals surface area contributed by atoms with Crippen LogP contribution < -0.4 is 5.32 Å². The summed E-state index contributed by atoms with van der Waals surface area (Å²) in [4.78, 5) is 37.0. The van der Waals surface area contributed by atoms with Crippen LogP contribution in [0.4, 0.5) is 4.39 Å². The van der Waals surface area contributed by atoms with Crippen LogP contribution in [0.15, 0.2) is 42.7 Å². The van der Waals surface area contributed by atoms with Crippen LogP contribution >= 0.6 is 22.9 Å². The lowest BCUT2D eigenvalue weighted by molar-refractivity contribution is 0.0451. The van der Waals surface area contributed by atoms with Crippen LogP contribution in [-0.2, 0) is 0 Å². The Morgan fingerprint density at radius 1 is 1.22 bits per heavy atom. The number of amides is 2. The molecule has 162 valence electrons. The Labute approximate surface area is 191 Å². The van der Waals surface area contributed by atoms with E-state index in [9.17, 15) is 14.0 Å². The van der Waals surface area contributed by atoms with E-state index in [4.69, 9.17) is 0 Å². The number of aryl methyl sites for hydroxylation is 1. The van der Waals surface area contributed by atoms with Gasteiger partial charge < -0.3 is 10.2 Å². The van der Waals surface area contributed by atoms with Crippen molar-refractivity contribution in [1.29, 1.82) is 0 Å². The van der Waals surface area contributed by atoms with Crippen LogP contribution in [0.25, 0.3) is 20.5 Å². The highest BCUT2D eigenvalue weighted by Gasteiger charge is 2.35. The van der Waals surface area contributed by atoms with Gasteiger partial charge in [0.05, 0.1) is 26.8 Å². The number of hydrogen-bond donors (Lipinski definition) is 1. The van der Waals surface area contributed by atoms with Crippen molar-refractivity contribution in [3.8, 4) is 10.4 Å². The normalized spacial score (nSPS) is 15.6. The SMILES string of the molecule is Cc1nc(C(=O)N2CCC2CNC(=O)c2nccc3sncc23)c(-c2ccc(F)cc2)s1. The summed E-state index contributed by atoms with van der Waals surface area (Å²) in [5.74, 6) is -0.794. The highest BCUT2D eigenvalue weighted by atomic mass is 32.1. The van der Waals surface area contributed by atoms with Crippen molar-refractivity contribution in [3.63, 3.8) is 0 Å². The van der Waals surface area contributed by atoms with E-state index in [1.54, 1.807) is 29.4 Å². The van der Waals surface area contributed by atoms with E-state index in [0.717, 1.165) is 32.0 Å². The largest absolute Gasteiger partial charge is 0.349 e. The van der Waals surface area contributed by atoms with Gasteiger partial charge in [-0.2, -0.15) is 4.37 Å². The van der Waals surface area contributed by atoms with Gasteiger partial charge in [-0.1, -0.05) is 12.1 Å². The Morgan fingerprint density at radius 3 is 2.78 bits per heavy atom. The minimum atomic E-state index is -0.329. The molecule has 4 heterocycles. The number of carbonyl (C=O) groups excluding carboxylic acids is 2. The average molecular weight is 468 g/mol. The van der Waals surface area contributed by atoms with Crippen LogP contribution in [0.5, 0.6) is 0 Å². The molecule has 2 amide bonds. The molecule has 5 rings (SSSR count). The Morgan fingerprint density at radius 2 is 2.03 bits per heavy atom. The van der Waals surface area contributed by atoms with Crippen molar-refractivity contribution in [1.82, 2.24) is 24.6 Å². The Kier molecular flexibility index (Phi) is 5.40. The zero-order valence-electron chi connectivity index (χ0n) is 17.0. The first-order valence-corrected chi connectivity index (χ1v) is 11.6. The van der Waals surface area contributed by atoms with Gasteiger partial charge in [-0.25, -0.2) is 9.37 Å². The molecule has 0 aliphatic carbocycles. The maximum absolute atomic E-state index is 13.3. The summed E-state index contributed by atoms with van der Waals surface area (Å²) in [5.41, 5.74) is 1.46. The zero-order valence-corrected chi connectivity index (χ0v) is 18.7. The monoisotopic (exact) mass is 467 g/mol. The standard InChI is InChI=1S/C22H18FN5O2S2/c1-12-27-19(20(31-12)13-2-4-14(23)5-3-13)22(30)28-9-7-15(28)10-25-21(29)18-16-11-26-32-17(16)6-8-24-18/h2-6,8,11,15H,7,9-10H2,1H3,(H,25,29). The van der Waals surface area contributed by atoms with Crippen molar-refractivity contribution in [2.24, 2.45) is 0 Å². The third-order valence-electron chi connectivity index (χ3n) is 5.44. The molecule has 1 aliphatic heterocycles. The van der Waals surface area contributed by atoms with Crippen LogP contribution in [0, 0.1) is 12.7 Å². The van der Waals surface area contributed by atoms with Gasteiger partial charge in [-0.3, -0.25) is 14.6 Å². The van der Waals surface area contributed by atoms with E-state index < -0.39 is 0 Å². The molecule has 1 N–H and O–H groups in total. The van der Waals surface area contributed by atoms with Gasteiger partial charge in [-0.15, -0.1) is 11.3 Å². The van der Waals surface area contributed by atoms with Gasteiger partial charge in [0.2, 0.25) is 0 Å². The predicted molar refractivity (Wildman–Crippen MR) is 121 cm³/mol. The van der Waals surface area contributed by atoms with Gasteiger partial charge in [0.15, 0.2) is 0 Å². The fraction of sp³-hybridized carbons (Fsp3) is 0.227. The van der Waals surface area contributed by atoms with Crippen molar-refractivity contribution >= 4 is 44.8 Å². The number of fused-ring (bicyclic) bond motifs is 1. The molecular weight excluding hydrogens is 449 g/mol. The molecule has 4 aromatic rings. The summed E-state index contributed by atoms with van der Waals surface area (Å²) in [6, 6.07) is 7.76. The molecule has 0 bridgehead atoms. The molecule has 0 spiro atoms. The minimum Gasteiger partial charge on any atom is -0.349 e. The first-order chi connectivity index (χ1) is 15.5. The summed E-state index contributed by atoms with van der Waals surface area (Å²) in [6.45, 7) is 2.77. The average Bonchev–Trinajstić information content (AvgIpc) is 3.40. The van der Waals surface area contributed by atoms with Crippen molar-refractivity contribution in [2.45, 2.75) is 19.4 Å². The van der Waals surface area contributed by atoms with E-state index in [1.807, 2.05) is 13.0 Å².